The van der Waals surface area contributed by atoms with Gasteiger partial charge in [-0.25, -0.2) is 0 Å². The van der Waals surface area contributed by atoms with Gasteiger partial charge in [-0.05, 0) is 49.2 Å². The summed E-state index contributed by atoms with van der Waals surface area (Å²) in [6, 6.07) is 14.1. The van der Waals surface area contributed by atoms with Crippen LogP contribution in [-0.4, -0.2) is 31.5 Å². The molecule has 5 nitrogen and oxygen atoms in total. The van der Waals surface area contributed by atoms with Crippen molar-refractivity contribution in [2.24, 2.45) is 0 Å². The highest BCUT2D eigenvalue weighted by Crippen LogP contribution is 2.21. The van der Waals surface area contributed by atoms with Crippen LogP contribution in [0.15, 0.2) is 53.0 Å². The maximum atomic E-state index is 13.0. The Morgan fingerprint density at radius 3 is 2.50 bits per heavy atom. The molecule has 7 heteroatoms. The van der Waals surface area contributed by atoms with Gasteiger partial charge in [-0.1, -0.05) is 41.1 Å². The minimum Gasteiger partial charge on any atom is -0.383 e. The van der Waals surface area contributed by atoms with Crippen LogP contribution >= 0.6 is 15.9 Å². The molecule has 2 rings (SSSR count). The first-order valence-electron chi connectivity index (χ1n) is 8.24. The fraction of sp³-hybridized carbons (Fsp3) is 0.316. The van der Waals surface area contributed by atoms with Crippen LogP contribution in [0.1, 0.15) is 36.2 Å². The van der Waals surface area contributed by atoms with Crippen LogP contribution in [0.2, 0.25) is 0 Å². The van der Waals surface area contributed by atoms with E-state index >= 15 is 0 Å². The van der Waals surface area contributed by atoms with Crippen molar-refractivity contribution in [1.29, 1.82) is 0 Å². The number of hydrogen-bond acceptors (Lipinski definition) is 4. The molecule has 1 amide bonds. The van der Waals surface area contributed by atoms with Crippen molar-refractivity contribution in [3.05, 3.63) is 64.1 Å². The van der Waals surface area contributed by atoms with E-state index in [9.17, 15) is 13.2 Å². The summed E-state index contributed by atoms with van der Waals surface area (Å²) in [6.45, 7) is 4.38. The smallest absolute Gasteiger partial charge is 0.306 e. The third-order valence-electron chi connectivity index (χ3n) is 3.95. The molecule has 0 fully saturated rings. The van der Waals surface area contributed by atoms with Crippen LogP contribution in [0.25, 0.3) is 0 Å². The number of rotatable bonds is 7. The van der Waals surface area contributed by atoms with E-state index in [0.29, 0.717) is 12.1 Å². The molecule has 0 saturated heterocycles. The standard InChI is InChI=1S/C19H22BrNO4S/c1-4-14(2)21(19(22)16-8-6-9-17(20)12-16)13-15-7-5-10-18(11-15)25-26(3,23)24/h5-12,14H,4,13H2,1-3H3. The molecule has 140 valence electrons. The molecule has 2 aromatic carbocycles. The predicted octanol–water partition coefficient (Wildman–Crippen LogP) is 4.23. The van der Waals surface area contributed by atoms with E-state index in [1.54, 1.807) is 35.2 Å². The molecule has 0 aliphatic carbocycles. The van der Waals surface area contributed by atoms with Gasteiger partial charge in [0.1, 0.15) is 5.75 Å². The Balaban J connectivity index is 2.28. The second-order valence-electron chi connectivity index (χ2n) is 6.14. The molecule has 0 aromatic heterocycles. The molecule has 0 saturated carbocycles. The highest BCUT2D eigenvalue weighted by atomic mass is 79.9. The first kappa shape index (κ1) is 20.5. The van der Waals surface area contributed by atoms with Crippen molar-refractivity contribution < 1.29 is 17.4 Å². The van der Waals surface area contributed by atoms with Gasteiger partial charge >= 0.3 is 10.1 Å². The predicted molar refractivity (Wildman–Crippen MR) is 106 cm³/mol. The molecule has 0 N–H and O–H groups in total. The zero-order valence-electron chi connectivity index (χ0n) is 15.0. The van der Waals surface area contributed by atoms with E-state index in [2.05, 4.69) is 15.9 Å². The average molecular weight is 440 g/mol. The summed E-state index contributed by atoms with van der Waals surface area (Å²) in [7, 11) is -3.59. The van der Waals surface area contributed by atoms with Gasteiger partial charge in [-0.2, -0.15) is 8.42 Å². The summed E-state index contributed by atoms with van der Waals surface area (Å²) < 4.78 is 28.4. The van der Waals surface area contributed by atoms with Crippen molar-refractivity contribution in [1.82, 2.24) is 4.90 Å². The van der Waals surface area contributed by atoms with Crippen LogP contribution in [0.3, 0.4) is 0 Å². The molecule has 1 atom stereocenters. The summed E-state index contributed by atoms with van der Waals surface area (Å²) >= 11 is 3.39. The summed E-state index contributed by atoms with van der Waals surface area (Å²) in [5, 5.41) is 0. The fourth-order valence-corrected chi connectivity index (χ4v) is 3.36. The van der Waals surface area contributed by atoms with Gasteiger partial charge in [0.25, 0.3) is 5.91 Å². The Kier molecular flexibility index (Phi) is 6.83. The fourth-order valence-electron chi connectivity index (χ4n) is 2.50. The topological polar surface area (TPSA) is 63.7 Å². The second-order valence-corrected chi connectivity index (χ2v) is 8.63. The van der Waals surface area contributed by atoms with Gasteiger partial charge in [0.05, 0.1) is 6.26 Å². The molecule has 1 unspecified atom stereocenters. The number of carbonyl (C=O) groups excluding carboxylic acids is 1. The van der Waals surface area contributed by atoms with E-state index in [4.69, 9.17) is 4.18 Å². The molecule has 26 heavy (non-hydrogen) atoms. The number of nitrogens with zero attached hydrogens (tertiary/aromatic N) is 1. The molecular weight excluding hydrogens is 418 g/mol. The van der Waals surface area contributed by atoms with Crippen LogP contribution < -0.4 is 4.18 Å². The first-order valence-corrected chi connectivity index (χ1v) is 10.9. The van der Waals surface area contributed by atoms with Gasteiger partial charge in [0.15, 0.2) is 0 Å². The maximum absolute atomic E-state index is 13.0. The number of hydrogen-bond donors (Lipinski definition) is 0. The summed E-state index contributed by atoms with van der Waals surface area (Å²) in [6.07, 6.45) is 1.81. The quantitative estimate of drug-likeness (QED) is 0.605. The van der Waals surface area contributed by atoms with E-state index < -0.39 is 10.1 Å². The van der Waals surface area contributed by atoms with Gasteiger partial charge in [-0.15, -0.1) is 0 Å². The molecule has 0 spiro atoms. The lowest BCUT2D eigenvalue weighted by Crippen LogP contribution is -2.37. The van der Waals surface area contributed by atoms with Crippen LogP contribution in [0.5, 0.6) is 5.75 Å². The lowest BCUT2D eigenvalue weighted by atomic mass is 10.1. The van der Waals surface area contributed by atoms with Crippen molar-refractivity contribution in [2.45, 2.75) is 32.9 Å². The van der Waals surface area contributed by atoms with Crippen molar-refractivity contribution in [2.75, 3.05) is 6.26 Å². The Bertz CT molecular complexity index is 883. The Morgan fingerprint density at radius 1 is 1.19 bits per heavy atom. The maximum Gasteiger partial charge on any atom is 0.306 e. The second kappa shape index (κ2) is 8.68. The van der Waals surface area contributed by atoms with Crippen LogP contribution in [0.4, 0.5) is 0 Å². The zero-order chi connectivity index (χ0) is 19.3. The summed E-state index contributed by atoms with van der Waals surface area (Å²) in [5.41, 5.74) is 1.40. The van der Waals surface area contributed by atoms with Crippen molar-refractivity contribution in [3.8, 4) is 5.75 Å². The van der Waals surface area contributed by atoms with Gasteiger partial charge in [0.2, 0.25) is 0 Å². The highest BCUT2D eigenvalue weighted by molar-refractivity contribution is 9.10. The van der Waals surface area contributed by atoms with E-state index in [1.807, 2.05) is 32.0 Å². The molecule has 2 aromatic rings. The molecule has 0 heterocycles. The number of carbonyl (C=O) groups is 1. The molecular formula is C19H22BrNO4S. The van der Waals surface area contributed by atoms with Crippen molar-refractivity contribution >= 4 is 32.0 Å². The Hall–Kier alpha value is -1.86. The molecule has 0 radical (unpaired) electrons. The monoisotopic (exact) mass is 439 g/mol. The highest BCUT2D eigenvalue weighted by Gasteiger charge is 2.21. The molecule has 0 aliphatic rings. The largest absolute Gasteiger partial charge is 0.383 e. The molecule has 0 bridgehead atoms. The minimum absolute atomic E-state index is 0.0287. The first-order chi connectivity index (χ1) is 12.2. The summed E-state index contributed by atoms with van der Waals surface area (Å²) in [5.74, 6) is 0.166. The normalized spacial score (nSPS) is 12.5. The van der Waals surface area contributed by atoms with Gasteiger partial charge in [-0.3, -0.25) is 4.79 Å². The SMILES string of the molecule is CCC(C)N(Cc1cccc(OS(C)(=O)=O)c1)C(=O)c1cccc(Br)c1. The van der Waals surface area contributed by atoms with E-state index in [1.165, 1.54) is 0 Å². The Morgan fingerprint density at radius 2 is 1.88 bits per heavy atom. The third-order valence-corrected chi connectivity index (χ3v) is 4.94. The van der Waals surface area contributed by atoms with E-state index in [0.717, 1.165) is 22.7 Å². The number of benzene rings is 2. The molecule has 0 aliphatic heterocycles. The average Bonchev–Trinajstić information content (AvgIpc) is 2.57. The zero-order valence-corrected chi connectivity index (χ0v) is 17.4. The lowest BCUT2D eigenvalue weighted by molar-refractivity contribution is 0.0671. The van der Waals surface area contributed by atoms with Gasteiger partial charge in [0, 0.05) is 22.6 Å². The third kappa shape index (κ3) is 5.85. The Labute approximate surface area is 163 Å². The van der Waals surface area contributed by atoms with Crippen molar-refractivity contribution in [3.63, 3.8) is 0 Å². The van der Waals surface area contributed by atoms with Crippen LogP contribution in [-0.2, 0) is 16.7 Å². The number of amides is 1. The number of halogens is 1. The summed E-state index contributed by atoms with van der Waals surface area (Å²) in [4.78, 5) is 14.8. The van der Waals surface area contributed by atoms with Crippen LogP contribution in [0, 0.1) is 0 Å². The minimum atomic E-state index is -3.59. The van der Waals surface area contributed by atoms with Gasteiger partial charge < -0.3 is 9.08 Å². The van der Waals surface area contributed by atoms with E-state index in [-0.39, 0.29) is 17.7 Å². The lowest BCUT2D eigenvalue weighted by Gasteiger charge is -2.29.